The molecule has 0 unspecified atom stereocenters. The number of nitrogens with one attached hydrogen (secondary N) is 1. The third-order valence-corrected chi connectivity index (χ3v) is 2.03. The Bertz CT molecular complexity index is 598. The van der Waals surface area contributed by atoms with E-state index in [1.165, 1.54) is 0 Å². The van der Waals surface area contributed by atoms with E-state index < -0.39 is 0 Å². The van der Waals surface area contributed by atoms with Crippen LogP contribution >= 0.6 is 0 Å². The first kappa shape index (κ1) is 7.25. The van der Waals surface area contributed by atoms with Crippen LogP contribution in [0.25, 0.3) is 22.1 Å². The van der Waals surface area contributed by atoms with E-state index in [0.29, 0.717) is 22.1 Å². The molecule has 0 saturated carbocycles. The molecule has 0 aliphatic carbocycles. The lowest BCUT2D eigenvalue weighted by Crippen LogP contribution is -1.89. The van der Waals surface area contributed by atoms with Crippen molar-refractivity contribution in [2.45, 2.75) is 0 Å². The van der Waals surface area contributed by atoms with Crippen molar-refractivity contribution in [2.24, 2.45) is 0 Å². The Morgan fingerprint density at radius 2 is 1.71 bits per heavy atom. The van der Waals surface area contributed by atoms with Crippen LogP contribution in [0.4, 0.5) is 5.69 Å². The molecular weight excluding hydrogens is 186 g/mol. The third kappa shape index (κ3) is 0.754. The molecule has 2 heterocycles. The largest absolute Gasteiger partial charge is 0.386 e. The predicted octanol–water partition coefficient (Wildman–Crippen LogP) is 0.801. The second kappa shape index (κ2) is 2.41. The van der Waals surface area contributed by atoms with Crippen LogP contribution in [0.15, 0.2) is 15.3 Å². The van der Waals surface area contributed by atoms with Crippen molar-refractivity contribution in [1.82, 2.24) is 20.6 Å². The predicted molar refractivity (Wildman–Crippen MR) is 46.7 cm³/mol. The molecule has 0 spiro atoms. The van der Waals surface area contributed by atoms with Gasteiger partial charge in [0.15, 0.2) is 16.6 Å². The zero-order valence-corrected chi connectivity index (χ0v) is 7.18. The SMILES string of the molecule is CNc1cc2nonc2c2nonc12. The van der Waals surface area contributed by atoms with E-state index in [1.54, 1.807) is 13.1 Å². The molecule has 2 aromatic heterocycles. The quantitative estimate of drug-likeness (QED) is 0.608. The molecule has 0 saturated heterocycles. The second-order valence-electron chi connectivity index (χ2n) is 2.77. The molecule has 14 heavy (non-hydrogen) atoms. The summed E-state index contributed by atoms with van der Waals surface area (Å²) in [6, 6.07) is 1.78. The molecule has 7 nitrogen and oxygen atoms in total. The highest BCUT2D eigenvalue weighted by Gasteiger charge is 2.14. The van der Waals surface area contributed by atoms with Crippen molar-refractivity contribution in [2.75, 3.05) is 12.4 Å². The number of hydrogen-bond acceptors (Lipinski definition) is 7. The lowest BCUT2D eigenvalue weighted by Gasteiger charge is -1.96. The molecule has 0 fully saturated rings. The molecule has 0 atom stereocenters. The first-order chi connectivity index (χ1) is 6.90. The van der Waals surface area contributed by atoms with Gasteiger partial charge >= 0.3 is 0 Å². The van der Waals surface area contributed by atoms with Crippen molar-refractivity contribution in [3.8, 4) is 0 Å². The highest BCUT2D eigenvalue weighted by molar-refractivity contribution is 6.05. The zero-order valence-electron chi connectivity index (χ0n) is 7.18. The normalized spacial score (nSPS) is 11.2. The molecule has 0 radical (unpaired) electrons. The topological polar surface area (TPSA) is 89.9 Å². The van der Waals surface area contributed by atoms with E-state index >= 15 is 0 Å². The standard InChI is InChI=1S/C7H5N5O2/c1-8-3-2-4-6(11-13-9-4)7-5(3)10-14-12-7/h2,8H,1H3. The van der Waals surface area contributed by atoms with Gasteiger partial charge in [-0.3, -0.25) is 0 Å². The molecule has 0 amide bonds. The van der Waals surface area contributed by atoms with E-state index in [1.807, 2.05) is 0 Å². The van der Waals surface area contributed by atoms with Crippen LogP contribution in [0.5, 0.6) is 0 Å². The molecule has 3 aromatic rings. The summed E-state index contributed by atoms with van der Waals surface area (Å²) in [6.45, 7) is 0. The van der Waals surface area contributed by atoms with Crippen molar-refractivity contribution in [1.29, 1.82) is 0 Å². The molecule has 7 heteroatoms. The Hall–Kier alpha value is -2.18. The van der Waals surface area contributed by atoms with Crippen LogP contribution in [-0.2, 0) is 0 Å². The van der Waals surface area contributed by atoms with Gasteiger partial charge in [0.25, 0.3) is 0 Å². The summed E-state index contributed by atoms with van der Waals surface area (Å²) in [7, 11) is 1.78. The fourth-order valence-corrected chi connectivity index (χ4v) is 1.37. The average Bonchev–Trinajstić information content (AvgIpc) is 2.83. The van der Waals surface area contributed by atoms with Crippen molar-refractivity contribution in [3.05, 3.63) is 6.07 Å². The highest BCUT2D eigenvalue weighted by atomic mass is 16.6. The molecule has 0 aliphatic heterocycles. The molecule has 0 aliphatic rings. The Morgan fingerprint density at radius 3 is 2.57 bits per heavy atom. The number of aromatic nitrogens is 4. The molecular formula is C7H5N5O2. The summed E-state index contributed by atoms with van der Waals surface area (Å²) in [5.74, 6) is 0. The summed E-state index contributed by atoms with van der Waals surface area (Å²) < 4.78 is 9.24. The van der Waals surface area contributed by atoms with Crippen LogP contribution in [0.1, 0.15) is 0 Å². The molecule has 1 N–H and O–H groups in total. The highest BCUT2D eigenvalue weighted by Crippen LogP contribution is 2.26. The van der Waals surface area contributed by atoms with Gasteiger partial charge in [-0.15, -0.1) is 0 Å². The number of benzene rings is 1. The zero-order chi connectivity index (χ0) is 9.54. The third-order valence-electron chi connectivity index (χ3n) is 2.03. The minimum absolute atomic E-state index is 0.549. The maximum atomic E-state index is 4.64. The number of nitrogens with zero attached hydrogens (tertiary/aromatic N) is 4. The monoisotopic (exact) mass is 191 g/mol. The van der Waals surface area contributed by atoms with Gasteiger partial charge in [0, 0.05) is 7.05 Å². The fourth-order valence-electron chi connectivity index (χ4n) is 1.37. The van der Waals surface area contributed by atoms with Gasteiger partial charge in [-0.2, -0.15) is 0 Å². The maximum Gasteiger partial charge on any atom is 0.168 e. The van der Waals surface area contributed by atoms with Crippen molar-refractivity contribution in [3.63, 3.8) is 0 Å². The lowest BCUT2D eigenvalue weighted by molar-refractivity contribution is 0.312. The summed E-state index contributed by atoms with van der Waals surface area (Å²) in [5, 5.41) is 17.9. The average molecular weight is 191 g/mol. The summed E-state index contributed by atoms with van der Waals surface area (Å²) in [6.07, 6.45) is 0. The minimum Gasteiger partial charge on any atom is -0.386 e. The number of anilines is 1. The van der Waals surface area contributed by atoms with Crippen LogP contribution in [0.3, 0.4) is 0 Å². The molecule has 1 aromatic carbocycles. The van der Waals surface area contributed by atoms with E-state index in [-0.39, 0.29) is 0 Å². The second-order valence-corrected chi connectivity index (χ2v) is 2.77. The number of fused-ring (bicyclic) bond motifs is 3. The van der Waals surface area contributed by atoms with Crippen molar-refractivity contribution < 1.29 is 9.26 Å². The van der Waals surface area contributed by atoms with Crippen LogP contribution in [0.2, 0.25) is 0 Å². The number of rotatable bonds is 1. The lowest BCUT2D eigenvalue weighted by atomic mass is 10.2. The minimum atomic E-state index is 0.549. The van der Waals surface area contributed by atoms with Crippen LogP contribution in [-0.4, -0.2) is 27.7 Å². The fraction of sp³-hybridized carbons (Fsp3) is 0.143. The molecule has 3 rings (SSSR count). The Kier molecular flexibility index (Phi) is 1.25. The molecule has 70 valence electrons. The smallest absolute Gasteiger partial charge is 0.168 e. The Labute approximate surface area is 77.0 Å². The van der Waals surface area contributed by atoms with Gasteiger partial charge in [-0.05, 0) is 26.7 Å². The summed E-state index contributed by atoms with van der Waals surface area (Å²) in [4.78, 5) is 0. The van der Waals surface area contributed by atoms with Crippen LogP contribution in [0, 0.1) is 0 Å². The van der Waals surface area contributed by atoms with Gasteiger partial charge in [-0.25, -0.2) is 9.26 Å². The first-order valence-electron chi connectivity index (χ1n) is 3.95. The van der Waals surface area contributed by atoms with Gasteiger partial charge in [0.2, 0.25) is 0 Å². The van der Waals surface area contributed by atoms with E-state index in [2.05, 4.69) is 35.2 Å². The van der Waals surface area contributed by atoms with E-state index in [4.69, 9.17) is 0 Å². The number of hydrogen-bond donors (Lipinski definition) is 1. The Morgan fingerprint density at radius 1 is 1.00 bits per heavy atom. The molecule has 0 bridgehead atoms. The summed E-state index contributed by atoms with van der Waals surface area (Å²) in [5.41, 5.74) is 3.13. The Balaban J connectivity index is 2.59. The van der Waals surface area contributed by atoms with E-state index in [9.17, 15) is 0 Å². The van der Waals surface area contributed by atoms with Gasteiger partial charge in [0.1, 0.15) is 5.52 Å². The van der Waals surface area contributed by atoms with Gasteiger partial charge < -0.3 is 5.32 Å². The first-order valence-corrected chi connectivity index (χ1v) is 3.95. The van der Waals surface area contributed by atoms with Gasteiger partial charge in [-0.1, -0.05) is 0 Å². The maximum absolute atomic E-state index is 4.64. The van der Waals surface area contributed by atoms with Crippen LogP contribution < -0.4 is 5.32 Å². The van der Waals surface area contributed by atoms with Gasteiger partial charge in [0.05, 0.1) is 5.69 Å². The summed E-state index contributed by atoms with van der Waals surface area (Å²) >= 11 is 0. The van der Waals surface area contributed by atoms with Crippen molar-refractivity contribution >= 4 is 27.8 Å². The van der Waals surface area contributed by atoms with E-state index in [0.717, 1.165) is 5.69 Å².